The van der Waals surface area contributed by atoms with Crippen LogP contribution in [-0.4, -0.2) is 44.3 Å². The third-order valence-corrected chi connectivity index (χ3v) is 7.95. The number of halogens is 2. The highest BCUT2D eigenvalue weighted by molar-refractivity contribution is 7.92. The molecule has 0 aliphatic carbocycles. The van der Waals surface area contributed by atoms with Crippen molar-refractivity contribution >= 4 is 27.5 Å². The van der Waals surface area contributed by atoms with E-state index in [2.05, 4.69) is 16.6 Å². The topological polar surface area (TPSA) is 105 Å². The molecule has 228 valence electrons. The van der Waals surface area contributed by atoms with Crippen LogP contribution < -0.4 is 14.8 Å². The summed E-state index contributed by atoms with van der Waals surface area (Å²) in [5.74, 6) is -1.62. The Balaban J connectivity index is 1.52. The van der Waals surface area contributed by atoms with E-state index in [1.165, 1.54) is 71.6 Å². The first kappa shape index (κ1) is 31.9. The summed E-state index contributed by atoms with van der Waals surface area (Å²) < 4.78 is 60.3. The van der Waals surface area contributed by atoms with Crippen molar-refractivity contribution in [2.45, 2.75) is 23.9 Å². The minimum atomic E-state index is -3.96. The van der Waals surface area contributed by atoms with E-state index in [1.807, 2.05) is 30.3 Å². The van der Waals surface area contributed by atoms with Crippen LogP contribution >= 0.6 is 0 Å². The third kappa shape index (κ3) is 8.98. The van der Waals surface area contributed by atoms with E-state index in [-0.39, 0.29) is 35.8 Å². The average molecular weight is 620 g/mol. The molecule has 4 aromatic carbocycles. The normalized spacial score (nSPS) is 11.7. The Morgan fingerprint density at radius 3 is 2.07 bits per heavy atom. The van der Waals surface area contributed by atoms with Crippen LogP contribution in [0.2, 0.25) is 0 Å². The number of hydrogen-bond acceptors (Lipinski definition) is 5. The highest BCUT2D eigenvalue weighted by Crippen LogP contribution is 2.21. The van der Waals surface area contributed by atoms with Gasteiger partial charge >= 0.3 is 0 Å². The lowest BCUT2D eigenvalue weighted by Crippen LogP contribution is -2.51. The fraction of sp³-hybridized carbons (Fsp3) is 0.152. The summed E-state index contributed by atoms with van der Waals surface area (Å²) in [7, 11) is -3.96. The number of sulfonamides is 1. The average Bonchev–Trinajstić information content (AvgIpc) is 3.03. The Morgan fingerprint density at radius 2 is 1.45 bits per heavy atom. The van der Waals surface area contributed by atoms with Crippen LogP contribution in [0.1, 0.15) is 11.1 Å². The van der Waals surface area contributed by atoms with Crippen LogP contribution in [0.25, 0.3) is 0 Å². The molecular formula is C33H31F2N3O5S. The quantitative estimate of drug-likeness (QED) is 0.192. The van der Waals surface area contributed by atoms with E-state index in [0.29, 0.717) is 5.56 Å². The lowest BCUT2D eigenvalue weighted by molar-refractivity contribution is -0.142. The number of carbonyl (C=O) groups excluding carboxylic acids is 2. The van der Waals surface area contributed by atoms with Crippen LogP contribution in [0.5, 0.6) is 5.75 Å². The van der Waals surface area contributed by atoms with Gasteiger partial charge in [-0.1, -0.05) is 48.5 Å². The molecule has 2 N–H and O–H groups in total. The summed E-state index contributed by atoms with van der Waals surface area (Å²) in [6.07, 6.45) is 1.75. The predicted octanol–water partition coefficient (Wildman–Crippen LogP) is 5.09. The first-order valence-corrected chi connectivity index (χ1v) is 15.1. The van der Waals surface area contributed by atoms with Gasteiger partial charge in [0.1, 0.15) is 23.4 Å². The number of hydrogen-bond donors (Lipinski definition) is 2. The summed E-state index contributed by atoms with van der Waals surface area (Å²) >= 11 is 0. The Bertz CT molecular complexity index is 1670. The maximum absolute atomic E-state index is 13.6. The number of ether oxygens (including phenoxy) is 1. The molecule has 0 spiro atoms. The molecule has 4 aromatic rings. The molecule has 0 heterocycles. The van der Waals surface area contributed by atoms with Crippen molar-refractivity contribution in [1.82, 2.24) is 10.2 Å². The van der Waals surface area contributed by atoms with Gasteiger partial charge in [-0.2, -0.15) is 0 Å². The molecule has 1 atom stereocenters. The zero-order valence-electron chi connectivity index (χ0n) is 23.7. The second kappa shape index (κ2) is 14.9. The van der Waals surface area contributed by atoms with Crippen LogP contribution in [0.15, 0.2) is 121 Å². The van der Waals surface area contributed by atoms with Gasteiger partial charge in [-0.15, -0.1) is 6.58 Å². The van der Waals surface area contributed by atoms with Crippen molar-refractivity contribution in [2.24, 2.45) is 0 Å². The zero-order valence-corrected chi connectivity index (χ0v) is 24.5. The van der Waals surface area contributed by atoms with Gasteiger partial charge in [0, 0.05) is 25.2 Å². The van der Waals surface area contributed by atoms with Crippen LogP contribution in [0.3, 0.4) is 0 Å². The molecule has 0 aromatic heterocycles. The predicted molar refractivity (Wildman–Crippen MR) is 163 cm³/mol. The SMILES string of the molecule is C=CCNC(=O)[C@@H](Cc1ccccc1)N(Cc1ccc(F)cc1)C(=O)COc1ccc(S(=O)(=O)Nc2ccc(F)cc2)cc1. The lowest BCUT2D eigenvalue weighted by atomic mass is 10.0. The maximum atomic E-state index is 13.6. The molecule has 11 heteroatoms. The largest absolute Gasteiger partial charge is 0.484 e. The van der Waals surface area contributed by atoms with Crippen molar-refractivity contribution in [1.29, 1.82) is 0 Å². The maximum Gasteiger partial charge on any atom is 0.261 e. The minimum Gasteiger partial charge on any atom is -0.484 e. The molecule has 0 aliphatic heterocycles. The first-order chi connectivity index (χ1) is 21.1. The lowest BCUT2D eigenvalue weighted by Gasteiger charge is -2.31. The molecular weight excluding hydrogens is 588 g/mol. The van der Waals surface area contributed by atoms with E-state index in [9.17, 15) is 26.8 Å². The van der Waals surface area contributed by atoms with Crippen molar-refractivity contribution in [2.75, 3.05) is 17.9 Å². The standard InChI is InChI=1S/C33H31F2N3O5S/c1-2-20-36-33(40)31(21-24-6-4-3-5-7-24)38(22-25-8-10-26(34)11-9-25)32(39)23-43-29-16-18-30(19-17-29)44(41,42)37-28-14-12-27(35)13-15-28/h2-19,31,37H,1,20-23H2,(H,36,40)/t31-/m1/s1. The van der Waals surface area contributed by atoms with Crippen LogP contribution in [0, 0.1) is 11.6 Å². The molecule has 0 aliphatic rings. The van der Waals surface area contributed by atoms with E-state index in [0.717, 1.165) is 17.7 Å². The molecule has 2 amide bonds. The van der Waals surface area contributed by atoms with Gasteiger partial charge in [-0.3, -0.25) is 14.3 Å². The van der Waals surface area contributed by atoms with Crippen molar-refractivity contribution in [3.63, 3.8) is 0 Å². The highest BCUT2D eigenvalue weighted by atomic mass is 32.2. The number of carbonyl (C=O) groups is 2. The summed E-state index contributed by atoms with van der Waals surface area (Å²) in [5.41, 5.74) is 1.63. The van der Waals surface area contributed by atoms with Gasteiger partial charge in [0.05, 0.1) is 4.90 Å². The Morgan fingerprint density at radius 1 is 0.841 bits per heavy atom. The second-order valence-electron chi connectivity index (χ2n) is 9.76. The Hall–Kier alpha value is -5.03. The fourth-order valence-corrected chi connectivity index (χ4v) is 5.36. The number of rotatable bonds is 14. The molecule has 8 nitrogen and oxygen atoms in total. The van der Waals surface area contributed by atoms with Gasteiger partial charge < -0.3 is 15.0 Å². The molecule has 0 fully saturated rings. The molecule has 0 bridgehead atoms. The van der Waals surface area contributed by atoms with Crippen molar-refractivity contribution < 1.29 is 31.5 Å². The molecule has 4 rings (SSSR count). The van der Waals surface area contributed by atoms with E-state index < -0.39 is 46.1 Å². The second-order valence-corrected chi connectivity index (χ2v) is 11.4. The Kier molecular flexibility index (Phi) is 10.8. The molecule has 44 heavy (non-hydrogen) atoms. The first-order valence-electron chi connectivity index (χ1n) is 13.6. The van der Waals surface area contributed by atoms with Crippen LogP contribution in [-0.2, 0) is 32.6 Å². The van der Waals surface area contributed by atoms with E-state index in [4.69, 9.17) is 4.74 Å². The summed E-state index contributed by atoms with van der Waals surface area (Å²) in [6, 6.07) is 24.2. The van der Waals surface area contributed by atoms with Gasteiger partial charge in [-0.05, 0) is 71.8 Å². The number of benzene rings is 4. The van der Waals surface area contributed by atoms with Crippen LogP contribution in [0.4, 0.5) is 14.5 Å². The minimum absolute atomic E-state index is 0.00766. The van der Waals surface area contributed by atoms with Crippen molar-refractivity contribution in [3.8, 4) is 5.75 Å². The molecule has 0 saturated heterocycles. The molecule has 0 unspecified atom stereocenters. The number of anilines is 1. The van der Waals surface area contributed by atoms with Gasteiger partial charge in [-0.25, -0.2) is 17.2 Å². The fourth-order valence-electron chi connectivity index (χ4n) is 4.31. The van der Waals surface area contributed by atoms with Crippen molar-refractivity contribution in [3.05, 3.63) is 139 Å². The summed E-state index contributed by atoms with van der Waals surface area (Å²) in [6.45, 7) is 3.38. The summed E-state index contributed by atoms with van der Waals surface area (Å²) in [4.78, 5) is 28.3. The monoisotopic (exact) mass is 619 g/mol. The zero-order chi connectivity index (χ0) is 31.5. The van der Waals surface area contributed by atoms with Gasteiger partial charge in [0.2, 0.25) is 5.91 Å². The highest BCUT2D eigenvalue weighted by Gasteiger charge is 2.30. The number of amides is 2. The third-order valence-electron chi connectivity index (χ3n) is 6.55. The molecule has 0 saturated carbocycles. The smallest absolute Gasteiger partial charge is 0.261 e. The van der Waals surface area contributed by atoms with E-state index >= 15 is 0 Å². The molecule has 0 radical (unpaired) electrons. The number of nitrogens with one attached hydrogen (secondary N) is 2. The summed E-state index contributed by atoms with van der Waals surface area (Å²) in [5, 5.41) is 2.76. The van der Waals surface area contributed by atoms with Gasteiger partial charge in [0.25, 0.3) is 15.9 Å². The Labute approximate surface area is 255 Å². The van der Waals surface area contributed by atoms with E-state index in [1.54, 1.807) is 0 Å². The number of nitrogens with zero attached hydrogens (tertiary/aromatic N) is 1. The van der Waals surface area contributed by atoms with Gasteiger partial charge in [0.15, 0.2) is 6.61 Å².